The lowest BCUT2D eigenvalue weighted by molar-refractivity contribution is 0.530. The van der Waals surface area contributed by atoms with Crippen molar-refractivity contribution in [3.8, 4) is 0 Å². The first kappa shape index (κ1) is 10.6. The molecular formula is C9H10BrF2N. The smallest absolute Gasteiger partial charge is 0.143 e. The van der Waals surface area contributed by atoms with Gasteiger partial charge in [0.2, 0.25) is 0 Å². The number of hydrogen-bond acceptors (Lipinski definition) is 1. The Morgan fingerprint density at radius 2 is 2.08 bits per heavy atom. The van der Waals surface area contributed by atoms with Crippen LogP contribution in [0.4, 0.5) is 8.78 Å². The van der Waals surface area contributed by atoms with Gasteiger partial charge in [0, 0.05) is 5.56 Å². The zero-order chi connectivity index (χ0) is 10.0. The monoisotopic (exact) mass is 249 g/mol. The maximum atomic E-state index is 13.4. The van der Waals surface area contributed by atoms with Crippen molar-refractivity contribution in [2.75, 3.05) is 6.54 Å². The van der Waals surface area contributed by atoms with E-state index < -0.39 is 11.6 Å². The number of halogens is 3. The number of rotatable bonds is 2. The van der Waals surface area contributed by atoms with Crippen molar-refractivity contribution in [3.05, 3.63) is 33.8 Å². The zero-order valence-electron chi connectivity index (χ0n) is 7.15. The van der Waals surface area contributed by atoms with E-state index in [-0.39, 0.29) is 22.5 Å². The van der Waals surface area contributed by atoms with E-state index in [1.165, 1.54) is 12.1 Å². The van der Waals surface area contributed by atoms with E-state index in [0.29, 0.717) is 0 Å². The van der Waals surface area contributed by atoms with E-state index in [4.69, 9.17) is 5.73 Å². The Bertz CT molecular complexity index is 315. The lowest BCUT2D eigenvalue weighted by Crippen LogP contribution is -2.12. The highest BCUT2D eigenvalue weighted by Gasteiger charge is 2.16. The van der Waals surface area contributed by atoms with Gasteiger partial charge in [0.1, 0.15) is 11.6 Å². The fourth-order valence-corrected chi connectivity index (χ4v) is 1.46. The highest BCUT2D eigenvalue weighted by atomic mass is 79.9. The van der Waals surface area contributed by atoms with E-state index >= 15 is 0 Å². The summed E-state index contributed by atoms with van der Waals surface area (Å²) in [7, 11) is 0. The predicted octanol–water partition coefficient (Wildman–Crippen LogP) is 2.79. The van der Waals surface area contributed by atoms with E-state index in [1.54, 1.807) is 6.92 Å². The molecule has 0 bridgehead atoms. The van der Waals surface area contributed by atoms with Crippen LogP contribution >= 0.6 is 15.9 Å². The first-order valence-electron chi connectivity index (χ1n) is 3.91. The molecule has 0 saturated heterocycles. The molecule has 1 atom stereocenters. The van der Waals surface area contributed by atoms with Gasteiger partial charge in [-0.25, -0.2) is 8.78 Å². The van der Waals surface area contributed by atoms with Crippen molar-refractivity contribution in [2.24, 2.45) is 5.73 Å². The van der Waals surface area contributed by atoms with Crippen LogP contribution in [0.5, 0.6) is 0 Å². The van der Waals surface area contributed by atoms with Crippen LogP contribution < -0.4 is 5.73 Å². The van der Waals surface area contributed by atoms with Crippen LogP contribution in [0.25, 0.3) is 0 Å². The lowest BCUT2D eigenvalue weighted by atomic mass is 10.0. The maximum absolute atomic E-state index is 13.4. The second kappa shape index (κ2) is 4.15. The summed E-state index contributed by atoms with van der Waals surface area (Å²) in [5.41, 5.74) is 5.40. The minimum Gasteiger partial charge on any atom is -0.330 e. The van der Waals surface area contributed by atoms with Gasteiger partial charge >= 0.3 is 0 Å². The molecule has 0 heterocycles. The van der Waals surface area contributed by atoms with Crippen LogP contribution in [0.1, 0.15) is 18.4 Å². The molecule has 0 aliphatic carbocycles. The molecule has 0 saturated carbocycles. The van der Waals surface area contributed by atoms with Gasteiger partial charge in [0.15, 0.2) is 0 Å². The van der Waals surface area contributed by atoms with Crippen molar-refractivity contribution in [2.45, 2.75) is 12.8 Å². The summed E-state index contributed by atoms with van der Waals surface area (Å²) in [6, 6.07) is 2.58. The third-order valence-electron chi connectivity index (χ3n) is 1.93. The summed E-state index contributed by atoms with van der Waals surface area (Å²) in [5.74, 6) is -1.41. The fraction of sp³-hybridized carbons (Fsp3) is 0.333. The van der Waals surface area contributed by atoms with Crippen LogP contribution in [0.3, 0.4) is 0 Å². The highest BCUT2D eigenvalue weighted by Crippen LogP contribution is 2.26. The van der Waals surface area contributed by atoms with Crippen molar-refractivity contribution in [1.82, 2.24) is 0 Å². The van der Waals surface area contributed by atoms with Crippen molar-refractivity contribution >= 4 is 15.9 Å². The molecule has 1 aromatic rings. The van der Waals surface area contributed by atoms with Crippen molar-refractivity contribution in [3.63, 3.8) is 0 Å². The quantitative estimate of drug-likeness (QED) is 0.802. The Kier molecular flexibility index (Phi) is 3.39. The topological polar surface area (TPSA) is 26.0 Å². The molecule has 0 amide bonds. The van der Waals surface area contributed by atoms with Gasteiger partial charge < -0.3 is 5.73 Å². The summed E-state index contributed by atoms with van der Waals surface area (Å²) in [6.07, 6.45) is 0. The van der Waals surface area contributed by atoms with E-state index in [2.05, 4.69) is 15.9 Å². The van der Waals surface area contributed by atoms with E-state index in [1.807, 2.05) is 0 Å². The molecule has 1 unspecified atom stereocenters. The second-order valence-electron chi connectivity index (χ2n) is 2.89. The third kappa shape index (κ3) is 2.06. The Labute approximate surface area is 84.1 Å². The summed E-state index contributed by atoms with van der Waals surface area (Å²) >= 11 is 3.00. The minimum absolute atomic E-state index is 0.0527. The molecule has 72 valence electrons. The molecule has 4 heteroatoms. The SMILES string of the molecule is CC(CN)c1c(F)ccc(Br)c1F. The van der Waals surface area contributed by atoms with Gasteiger partial charge in [-0.3, -0.25) is 0 Å². The van der Waals surface area contributed by atoms with Gasteiger partial charge in [0.25, 0.3) is 0 Å². The molecule has 0 aliphatic rings. The van der Waals surface area contributed by atoms with Crippen LogP contribution in [-0.4, -0.2) is 6.54 Å². The zero-order valence-corrected chi connectivity index (χ0v) is 8.74. The Morgan fingerprint density at radius 3 is 2.62 bits per heavy atom. The third-order valence-corrected chi connectivity index (χ3v) is 2.54. The second-order valence-corrected chi connectivity index (χ2v) is 3.75. The molecule has 2 N–H and O–H groups in total. The van der Waals surface area contributed by atoms with E-state index in [9.17, 15) is 8.78 Å². The molecule has 0 aliphatic heterocycles. The first-order valence-corrected chi connectivity index (χ1v) is 4.70. The number of nitrogens with two attached hydrogens (primary N) is 1. The molecule has 1 aromatic carbocycles. The van der Waals surface area contributed by atoms with Crippen LogP contribution in [0, 0.1) is 11.6 Å². The molecule has 1 rings (SSSR count). The average Bonchev–Trinajstić information content (AvgIpc) is 2.12. The van der Waals surface area contributed by atoms with Crippen LogP contribution in [0.15, 0.2) is 16.6 Å². The molecule has 13 heavy (non-hydrogen) atoms. The fourth-order valence-electron chi connectivity index (χ4n) is 1.11. The molecule has 0 aromatic heterocycles. The lowest BCUT2D eigenvalue weighted by Gasteiger charge is -2.11. The maximum Gasteiger partial charge on any atom is 0.143 e. The Morgan fingerprint density at radius 1 is 1.46 bits per heavy atom. The number of benzene rings is 1. The van der Waals surface area contributed by atoms with Crippen molar-refractivity contribution < 1.29 is 8.78 Å². The normalized spacial score (nSPS) is 13.0. The summed E-state index contributed by atoms with van der Waals surface area (Å²) in [4.78, 5) is 0. The van der Waals surface area contributed by atoms with Crippen molar-refractivity contribution in [1.29, 1.82) is 0 Å². The molecular weight excluding hydrogens is 240 g/mol. The molecule has 0 spiro atoms. The summed E-state index contributed by atoms with van der Waals surface area (Å²) < 4.78 is 26.8. The molecule has 0 radical (unpaired) electrons. The summed E-state index contributed by atoms with van der Waals surface area (Å²) in [5, 5.41) is 0. The Hall–Kier alpha value is -0.480. The van der Waals surface area contributed by atoms with Crippen LogP contribution in [-0.2, 0) is 0 Å². The minimum atomic E-state index is -0.557. The average molecular weight is 250 g/mol. The van der Waals surface area contributed by atoms with Gasteiger partial charge in [-0.15, -0.1) is 0 Å². The van der Waals surface area contributed by atoms with Gasteiger partial charge in [-0.05, 0) is 40.5 Å². The standard InChI is InChI=1S/C9H10BrF2N/c1-5(4-13)8-7(11)3-2-6(10)9(8)12/h2-3,5H,4,13H2,1H3. The van der Waals surface area contributed by atoms with Gasteiger partial charge in [-0.1, -0.05) is 6.92 Å². The molecule has 1 nitrogen and oxygen atoms in total. The highest BCUT2D eigenvalue weighted by molar-refractivity contribution is 9.10. The van der Waals surface area contributed by atoms with E-state index in [0.717, 1.165) is 0 Å². The number of hydrogen-bond donors (Lipinski definition) is 1. The first-order chi connectivity index (χ1) is 6.07. The van der Waals surface area contributed by atoms with Gasteiger partial charge in [0.05, 0.1) is 4.47 Å². The Balaban J connectivity index is 3.25. The largest absolute Gasteiger partial charge is 0.330 e. The molecule has 0 fully saturated rings. The van der Waals surface area contributed by atoms with Gasteiger partial charge in [-0.2, -0.15) is 0 Å². The van der Waals surface area contributed by atoms with Crippen LogP contribution in [0.2, 0.25) is 0 Å². The summed E-state index contributed by atoms with van der Waals surface area (Å²) in [6.45, 7) is 1.91. The predicted molar refractivity (Wildman–Crippen MR) is 51.5 cm³/mol.